The Balaban J connectivity index is 2.15. The van der Waals surface area contributed by atoms with Crippen molar-refractivity contribution in [3.63, 3.8) is 0 Å². The molecule has 0 fully saturated rings. The Kier molecular flexibility index (Phi) is 2.86. The molecule has 0 unspecified atom stereocenters. The molecule has 3 aromatic heterocycles. The fourth-order valence-electron chi connectivity index (χ4n) is 2.11. The van der Waals surface area contributed by atoms with E-state index in [1.807, 2.05) is 33.9 Å². The summed E-state index contributed by atoms with van der Waals surface area (Å²) in [6, 6.07) is 2.01. The molecule has 0 saturated carbocycles. The summed E-state index contributed by atoms with van der Waals surface area (Å²) in [5.41, 5.74) is 7.52. The van der Waals surface area contributed by atoms with Gasteiger partial charge >= 0.3 is 0 Å². The van der Waals surface area contributed by atoms with Gasteiger partial charge in [0.2, 0.25) is 11.8 Å². The second kappa shape index (κ2) is 4.45. The number of ether oxygens (including phenoxy) is 1. The highest BCUT2D eigenvalue weighted by atomic mass is 32.1. The molecule has 20 heavy (non-hydrogen) atoms. The Morgan fingerprint density at radius 1 is 1.25 bits per heavy atom. The molecule has 0 aliphatic heterocycles. The molecular formula is C13H15N5OS. The van der Waals surface area contributed by atoms with Crippen molar-refractivity contribution in [1.29, 1.82) is 0 Å². The van der Waals surface area contributed by atoms with Crippen molar-refractivity contribution in [3.05, 3.63) is 22.3 Å². The van der Waals surface area contributed by atoms with Crippen LogP contribution in [0, 0.1) is 20.8 Å². The van der Waals surface area contributed by atoms with E-state index in [2.05, 4.69) is 15.1 Å². The predicted molar refractivity (Wildman–Crippen MR) is 79.3 cm³/mol. The third-order valence-corrected chi connectivity index (χ3v) is 4.08. The Labute approximate surface area is 120 Å². The molecule has 0 saturated heterocycles. The van der Waals surface area contributed by atoms with Crippen molar-refractivity contribution in [2.45, 2.75) is 20.8 Å². The summed E-state index contributed by atoms with van der Waals surface area (Å²) in [4.78, 5) is 10.4. The molecular weight excluding hydrogens is 274 g/mol. The van der Waals surface area contributed by atoms with Gasteiger partial charge in [-0.2, -0.15) is 10.1 Å². The van der Waals surface area contributed by atoms with Crippen LogP contribution in [-0.4, -0.2) is 19.7 Å². The van der Waals surface area contributed by atoms with Crippen LogP contribution in [0.5, 0.6) is 11.6 Å². The third kappa shape index (κ3) is 2.00. The molecule has 3 aromatic rings. The Hall–Kier alpha value is -2.15. The number of nitrogens with zero attached hydrogens (tertiary/aromatic N) is 4. The van der Waals surface area contributed by atoms with Crippen molar-refractivity contribution >= 4 is 27.5 Å². The SMILES string of the molecule is Cc1cc2c(Oc3c(C)nn(C)c3C)nc(N)nc2s1. The van der Waals surface area contributed by atoms with Gasteiger partial charge in [-0.15, -0.1) is 11.3 Å². The number of hydrogen-bond acceptors (Lipinski definition) is 6. The molecule has 104 valence electrons. The van der Waals surface area contributed by atoms with Gasteiger partial charge < -0.3 is 10.5 Å². The van der Waals surface area contributed by atoms with Crippen LogP contribution in [0.1, 0.15) is 16.3 Å². The molecule has 3 rings (SSSR count). The molecule has 0 spiro atoms. The number of aromatic nitrogens is 4. The summed E-state index contributed by atoms with van der Waals surface area (Å²) in [5, 5.41) is 5.21. The van der Waals surface area contributed by atoms with Crippen molar-refractivity contribution in [2.75, 3.05) is 5.73 Å². The topological polar surface area (TPSA) is 78.8 Å². The number of aryl methyl sites for hydroxylation is 3. The third-order valence-electron chi connectivity index (χ3n) is 3.14. The van der Waals surface area contributed by atoms with E-state index in [9.17, 15) is 0 Å². The maximum Gasteiger partial charge on any atom is 0.233 e. The van der Waals surface area contributed by atoms with Gasteiger partial charge in [0.1, 0.15) is 10.5 Å². The highest BCUT2D eigenvalue weighted by molar-refractivity contribution is 7.18. The number of fused-ring (bicyclic) bond motifs is 1. The van der Waals surface area contributed by atoms with Crippen LogP contribution in [0.15, 0.2) is 6.07 Å². The minimum absolute atomic E-state index is 0.216. The van der Waals surface area contributed by atoms with Gasteiger partial charge in [-0.3, -0.25) is 4.68 Å². The van der Waals surface area contributed by atoms with Crippen molar-refractivity contribution < 1.29 is 4.74 Å². The number of rotatable bonds is 2. The molecule has 3 heterocycles. The fraction of sp³-hybridized carbons (Fsp3) is 0.308. The lowest BCUT2D eigenvalue weighted by Gasteiger charge is -2.06. The average molecular weight is 289 g/mol. The highest BCUT2D eigenvalue weighted by Gasteiger charge is 2.16. The number of anilines is 1. The van der Waals surface area contributed by atoms with Crippen LogP contribution in [0.3, 0.4) is 0 Å². The molecule has 0 aromatic carbocycles. The van der Waals surface area contributed by atoms with Gasteiger partial charge in [-0.05, 0) is 26.8 Å². The van der Waals surface area contributed by atoms with E-state index in [1.54, 1.807) is 16.0 Å². The summed E-state index contributed by atoms with van der Waals surface area (Å²) < 4.78 is 7.74. The van der Waals surface area contributed by atoms with E-state index in [1.165, 1.54) is 0 Å². The van der Waals surface area contributed by atoms with E-state index in [-0.39, 0.29) is 5.95 Å². The van der Waals surface area contributed by atoms with Crippen molar-refractivity contribution in [2.24, 2.45) is 7.05 Å². The molecule has 2 N–H and O–H groups in total. The Bertz CT molecular complexity index is 805. The second-order valence-corrected chi connectivity index (χ2v) is 5.92. The van der Waals surface area contributed by atoms with E-state index in [0.29, 0.717) is 5.88 Å². The van der Waals surface area contributed by atoms with Gasteiger partial charge in [0.25, 0.3) is 0 Å². The zero-order valence-electron chi connectivity index (χ0n) is 11.8. The first kappa shape index (κ1) is 12.9. The van der Waals surface area contributed by atoms with Gasteiger partial charge in [0, 0.05) is 11.9 Å². The zero-order valence-corrected chi connectivity index (χ0v) is 12.6. The van der Waals surface area contributed by atoms with Crippen molar-refractivity contribution in [3.8, 4) is 11.6 Å². The van der Waals surface area contributed by atoms with Crippen LogP contribution < -0.4 is 10.5 Å². The highest BCUT2D eigenvalue weighted by Crippen LogP contribution is 2.35. The normalized spacial score (nSPS) is 11.2. The van der Waals surface area contributed by atoms with Crippen LogP contribution in [0.25, 0.3) is 10.2 Å². The maximum atomic E-state index is 5.96. The number of nitrogens with two attached hydrogens (primary N) is 1. The van der Waals surface area contributed by atoms with Crippen LogP contribution in [0.4, 0.5) is 5.95 Å². The minimum Gasteiger partial charge on any atom is -0.434 e. The molecule has 0 radical (unpaired) electrons. The summed E-state index contributed by atoms with van der Waals surface area (Å²) in [7, 11) is 1.88. The molecule has 0 aliphatic rings. The lowest BCUT2D eigenvalue weighted by Crippen LogP contribution is -1.98. The average Bonchev–Trinajstić information content (AvgIpc) is 2.84. The van der Waals surface area contributed by atoms with E-state index < -0.39 is 0 Å². The number of thiophene rings is 1. The van der Waals surface area contributed by atoms with Gasteiger partial charge in [0.15, 0.2) is 5.75 Å². The standard InChI is InChI=1S/C13H15N5OS/c1-6-5-9-11(15-13(14)16-12(9)20-6)19-10-7(2)17-18(4)8(10)3/h5H,1-4H3,(H2,14,15,16). The van der Waals surface area contributed by atoms with Gasteiger partial charge in [0.05, 0.1) is 11.1 Å². The fourth-order valence-corrected chi connectivity index (χ4v) is 2.98. The lowest BCUT2D eigenvalue weighted by molar-refractivity contribution is 0.461. The van der Waals surface area contributed by atoms with E-state index >= 15 is 0 Å². The van der Waals surface area contributed by atoms with Gasteiger partial charge in [-0.25, -0.2) is 4.98 Å². The quantitative estimate of drug-likeness (QED) is 0.784. The van der Waals surface area contributed by atoms with Crippen LogP contribution >= 0.6 is 11.3 Å². The Morgan fingerprint density at radius 3 is 2.65 bits per heavy atom. The summed E-state index contributed by atoms with van der Waals surface area (Å²) in [6.45, 7) is 5.88. The minimum atomic E-state index is 0.216. The monoisotopic (exact) mass is 289 g/mol. The molecule has 6 nitrogen and oxygen atoms in total. The van der Waals surface area contributed by atoms with E-state index in [4.69, 9.17) is 10.5 Å². The molecule has 7 heteroatoms. The zero-order chi connectivity index (χ0) is 14.4. The molecule has 0 bridgehead atoms. The van der Waals surface area contributed by atoms with Crippen LogP contribution in [-0.2, 0) is 7.05 Å². The predicted octanol–water partition coefficient (Wildman–Crippen LogP) is 2.72. The summed E-state index contributed by atoms with van der Waals surface area (Å²) in [6.07, 6.45) is 0. The second-order valence-electron chi connectivity index (χ2n) is 4.69. The molecule has 0 aliphatic carbocycles. The first-order valence-electron chi connectivity index (χ1n) is 6.17. The van der Waals surface area contributed by atoms with Crippen LogP contribution in [0.2, 0.25) is 0 Å². The molecule has 0 amide bonds. The maximum absolute atomic E-state index is 5.96. The van der Waals surface area contributed by atoms with Crippen molar-refractivity contribution in [1.82, 2.24) is 19.7 Å². The van der Waals surface area contributed by atoms with Gasteiger partial charge in [-0.1, -0.05) is 0 Å². The first-order valence-corrected chi connectivity index (χ1v) is 6.99. The number of hydrogen-bond donors (Lipinski definition) is 1. The lowest BCUT2D eigenvalue weighted by atomic mass is 10.3. The van der Waals surface area contributed by atoms with E-state index in [0.717, 1.165) is 32.2 Å². The summed E-state index contributed by atoms with van der Waals surface area (Å²) >= 11 is 1.57. The smallest absolute Gasteiger partial charge is 0.233 e. The largest absolute Gasteiger partial charge is 0.434 e. The number of nitrogen functional groups attached to an aromatic ring is 1. The first-order chi connectivity index (χ1) is 9.45. The Morgan fingerprint density at radius 2 is 2.00 bits per heavy atom. The molecule has 0 atom stereocenters. The summed E-state index contributed by atoms with van der Waals surface area (Å²) in [5.74, 6) is 1.42.